The van der Waals surface area contributed by atoms with Crippen molar-refractivity contribution in [3.8, 4) is 11.5 Å². The Kier molecular flexibility index (Phi) is 6.80. The summed E-state index contributed by atoms with van der Waals surface area (Å²) in [6, 6.07) is 12.4. The van der Waals surface area contributed by atoms with Crippen LogP contribution in [0.15, 0.2) is 42.5 Å². The van der Waals surface area contributed by atoms with Crippen LogP contribution in [-0.2, 0) is 13.1 Å². The zero-order valence-corrected chi connectivity index (χ0v) is 14.4. The smallest absolute Gasteiger partial charge is 0.335 e. The molecule has 25 heavy (non-hydrogen) atoms. The first-order chi connectivity index (χ1) is 12.1. The van der Waals surface area contributed by atoms with Crippen LogP contribution in [-0.4, -0.2) is 48.5 Å². The van der Waals surface area contributed by atoms with E-state index in [0.717, 1.165) is 22.6 Å². The second kappa shape index (κ2) is 9.05. The molecule has 0 fully saturated rings. The zero-order valence-electron chi connectivity index (χ0n) is 14.4. The van der Waals surface area contributed by atoms with E-state index in [2.05, 4.69) is 0 Å². The van der Waals surface area contributed by atoms with E-state index in [0.29, 0.717) is 19.6 Å². The van der Waals surface area contributed by atoms with Crippen molar-refractivity contribution in [3.63, 3.8) is 0 Å². The van der Waals surface area contributed by atoms with Crippen LogP contribution in [0.4, 0.5) is 0 Å². The van der Waals surface area contributed by atoms with E-state index in [-0.39, 0.29) is 12.2 Å². The highest BCUT2D eigenvalue weighted by Gasteiger charge is 2.13. The molecular weight excluding hydrogens is 322 g/mol. The molecule has 0 unspecified atom stereocenters. The first kappa shape index (κ1) is 18.8. The van der Waals surface area contributed by atoms with Gasteiger partial charge in [0.05, 0.1) is 26.4 Å². The molecular formula is C19H23NO5. The Morgan fingerprint density at radius 2 is 1.88 bits per heavy atom. The summed E-state index contributed by atoms with van der Waals surface area (Å²) in [5.74, 6) is 0.515. The van der Waals surface area contributed by atoms with E-state index in [1.54, 1.807) is 32.4 Å². The van der Waals surface area contributed by atoms with Crippen molar-refractivity contribution < 1.29 is 24.5 Å². The number of hydrogen-bond donors (Lipinski definition) is 2. The Labute approximate surface area is 147 Å². The number of carboxylic acid groups (broad SMARTS) is 1. The second-order valence-electron chi connectivity index (χ2n) is 5.62. The van der Waals surface area contributed by atoms with Crippen molar-refractivity contribution in [2.24, 2.45) is 0 Å². The molecule has 0 heterocycles. The Hall–Kier alpha value is -2.57. The molecule has 0 saturated carbocycles. The van der Waals surface area contributed by atoms with Gasteiger partial charge in [-0.1, -0.05) is 12.1 Å². The van der Waals surface area contributed by atoms with Gasteiger partial charge in [0, 0.05) is 25.2 Å². The molecule has 6 heteroatoms. The molecule has 2 aromatic rings. The lowest BCUT2D eigenvalue weighted by atomic mass is 10.1. The summed E-state index contributed by atoms with van der Waals surface area (Å²) in [4.78, 5) is 13.2. The maximum Gasteiger partial charge on any atom is 0.335 e. The molecule has 6 nitrogen and oxygen atoms in total. The molecule has 2 aromatic carbocycles. The van der Waals surface area contributed by atoms with Gasteiger partial charge in [0.1, 0.15) is 11.5 Å². The van der Waals surface area contributed by atoms with Gasteiger partial charge in [0.2, 0.25) is 0 Å². The Morgan fingerprint density at radius 1 is 1.08 bits per heavy atom. The van der Waals surface area contributed by atoms with E-state index in [9.17, 15) is 9.90 Å². The van der Waals surface area contributed by atoms with Gasteiger partial charge in [-0.15, -0.1) is 0 Å². The summed E-state index contributed by atoms with van der Waals surface area (Å²) < 4.78 is 10.7. The number of hydrogen-bond acceptors (Lipinski definition) is 5. The molecule has 0 saturated heterocycles. The van der Waals surface area contributed by atoms with Crippen molar-refractivity contribution in [2.45, 2.75) is 13.1 Å². The number of aromatic carboxylic acids is 1. The third kappa shape index (κ3) is 5.20. The van der Waals surface area contributed by atoms with Crippen molar-refractivity contribution in [1.82, 2.24) is 4.90 Å². The van der Waals surface area contributed by atoms with E-state index < -0.39 is 5.97 Å². The van der Waals surface area contributed by atoms with Crippen molar-refractivity contribution in [3.05, 3.63) is 59.2 Å². The average Bonchev–Trinajstić information content (AvgIpc) is 2.62. The summed E-state index contributed by atoms with van der Waals surface area (Å²) in [6.07, 6.45) is 0. The molecule has 0 aliphatic carbocycles. The minimum atomic E-state index is -0.954. The summed E-state index contributed by atoms with van der Waals surface area (Å²) >= 11 is 0. The predicted molar refractivity (Wildman–Crippen MR) is 94.1 cm³/mol. The molecule has 0 aromatic heterocycles. The van der Waals surface area contributed by atoms with E-state index in [4.69, 9.17) is 14.6 Å². The molecule has 0 amide bonds. The SMILES string of the molecule is COc1ccc(OC)c(CN(CCO)Cc2cccc(C(=O)O)c2)c1. The fourth-order valence-corrected chi connectivity index (χ4v) is 2.66. The lowest BCUT2D eigenvalue weighted by Crippen LogP contribution is -2.26. The number of ether oxygens (including phenoxy) is 2. The number of nitrogens with zero attached hydrogens (tertiary/aromatic N) is 1. The van der Waals surface area contributed by atoms with Crippen molar-refractivity contribution in [1.29, 1.82) is 0 Å². The van der Waals surface area contributed by atoms with Crippen molar-refractivity contribution in [2.75, 3.05) is 27.4 Å². The molecule has 0 bridgehead atoms. The Morgan fingerprint density at radius 3 is 2.52 bits per heavy atom. The fraction of sp³-hybridized carbons (Fsp3) is 0.316. The Bertz CT molecular complexity index is 717. The van der Waals surface area contributed by atoms with Crippen molar-refractivity contribution >= 4 is 5.97 Å². The molecule has 0 aliphatic heterocycles. The standard InChI is InChI=1S/C19H23NO5/c1-24-17-6-7-18(25-2)16(11-17)13-20(8-9-21)12-14-4-3-5-15(10-14)19(22)23/h3-7,10-11,21H,8-9,12-13H2,1-2H3,(H,22,23). The highest BCUT2D eigenvalue weighted by atomic mass is 16.5. The predicted octanol–water partition coefficient (Wildman–Crippen LogP) is 2.40. The second-order valence-corrected chi connectivity index (χ2v) is 5.62. The molecule has 0 spiro atoms. The quantitative estimate of drug-likeness (QED) is 0.726. The van der Waals surface area contributed by atoms with Crippen LogP contribution in [0, 0.1) is 0 Å². The van der Waals surface area contributed by atoms with Gasteiger partial charge in [-0.3, -0.25) is 4.90 Å². The largest absolute Gasteiger partial charge is 0.497 e. The van der Waals surface area contributed by atoms with E-state index in [1.807, 2.05) is 29.2 Å². The number of methoxy groups -OCH3 is 2. The number of carbonyl (C=O) groups is 1. The van der Waals surface area contributed by atoms with Crippen LogP contribution in [0.2, 0.25) is 0 Å². The van der Waals surface area contributed by atoms with Crippen LogP contribution in [0.25, 0.3) is 0 Å². The fourth-order valence-electron chi connectivity index (χ4n) is 2.66. The zero-order chi connectivity index (χ0) is 18.2. The van der Waals surface area contributed by atoms with Gasteiger partial charge in [-0.2, -0.15) is 0 Å². The average molecular weight is 345 g/mol. The normalized spacial score (nSPS) is 10.7. The maximum atomic E-state index is 11.1. The van der Waals surface area contributed by atoms with Gasteiger partial charge in [0.25, 0.3) is 0 Å². The van der Waals surface area contributed by atoms with Crippen LogP contribution in [0.5, 0.6) is 11.5 Å². The minimum Gasteiger partial charge on any atom is -0.497 e. The lowest BCUT2D eigenvalue weighted by Gasteiger charge is -2.23. The monoisotopic (exact) mass is 345 g/mol. The number of aliphatic hydroxyl groups is 1. The molecule has 134 valence electrons. The van der Waals surface area contributed by atoms with Crippen LogP contribution in [0.1, 0.15) is 21.5 Å². The van der Waals surface area contributed by atoms with Gasteiger partial charge in [-0.05, 0) is 35.9 Å². The molecule has 2 N–H and O–H groups in total. The van der Waals surface area contributed by atoms with E-state index >= 15 is 0 Å². The minimum absolute atomic E-state index is 0.00487. The summed E-state index contributed by atoms with van der Waals surface area (Å²) in [7, 11) is 3.21. The van der Waals surface area contributed by atoms with Crippen LogP contribution >= 0.6 is 0 Å². The Balaban J connectivity index is 2.21. The summed E-state index contributed by atoms with van der Waals surface area (Å²) in [6.45, 7) is 1.52. The third-order valence-corrected chi connectivity index (χ3v) is 3.88. The highest BCUT2D eigenvalue weighted by Crippen LogP contribution is 2.25. The topological polar surface area (TPSA) is 79.2 Å². The number of aliphatic hydroxyl groups excluding tert-OH is 1. The molecule has 2 rings (SSSR count). The maximum absolute atomic E-state index is 11.1. The summed E-state index contributed by atoms with van der Waals surface area (Å²) in [5, 5.41) is 18.5. The number of carboxylic acids is 1. The van der Waals surface area contributed by atoms with E-state index in [1.165, 1.54) is 0 Å². The van der Waals surface area contributed by atoms with Gasteiger partial charge in [0.15, 0.2) is 0 Å². The molecule has 0 radical (unpaired) electrons. The lowest BCUT2D eigenvalue weighted by molar-refractivity contribution is 0.0696. The van der Waals surface area contributed by atoms with Crippen LogP contribution < -0.4 is 9.47 Å². The summed E-state index contributed by atoms with van der Waals surface area (Å²) in [5.41, 5.74) is 2.06. The van der Waals surface area contributed by atoms with Gasteiger partial charge < -0.3 is 19.7 Å². The highest BCUT2D eigenvalue weighted by molar-refractivity contribution is 5.87. The third-order valence-electron chi connectivity index (χ3n) is 3.88. The van der Waals surface area contributed by atoms with Crippen LogP contribution in [0.3, 0.4) is 0 Å². The molecule has 0 atom stereocenters. The molecule has 0 aliphatic rings. The van der Waals surface area contributed by atoms with Gasteiger partial charge >= 0.3 is 5.97 Å². The number of rotatable bonds is 9. The number of benzene rings is 2. The first-order valence-corrected chi connectivity index (χ1v) is 7.93. The first-order valence-electron chi connectivity index (χ1n) is 7.93. The van der Waals surface area contributed by atoms with Gasteiger partial charge in [-0.25, -0.2) is 4.79 Å².